The Bertz CT molecular complexity index is 861. The minimum absolute atomic E-state index is 0.457. The molecule has 1 unspecified atom stereocenters. The van der Waals surface area contributed by atoms with E-state index >= 15 is 0 Å². The molecule has 0 amide bonds. The summed E-state index contributed by atoms with van der Waals surface area (Å²) in [6.45, 7) is 1.87. The SMILES string of the molecule is Cc1cc(/C=C(/NC(C#N)c2ccccc2)c2ccccc2)on1. The van der Waals surface area contributed by atoms with Crippen molar-refractivity contribution >= 4 is 11.8 Å². The van der Waals surface area contributed by atoms with E-state index in [-0.39, 0.29) is 0 Å². The van der Waals surface area contributed by atoms with Crippen molar-refractivity contribution in [2.24, 2.45) is 0 Å². The summed E-state index contributed by atoms with van der Waals surface area (Å²) in [5.74, 6) is 0.642. The molecule has 0 aliphatic carbocycles. The number of aromatic nitrogens is 1. The van der Waals surface area contributed by atoms with Crippen LogP contribution in [-0.2, 0) is 0 Å². The van der Waals surface area contributed by atoms with Crippen LogP contribution in [0.4, 0.5) is 0 Å². The number of rotatable bonds is 5. The maximum Gasteiger partial charge on any atom is 0.161 e. The maximum atomic E-state index is 9.57. The molecule has 3 aromatic rings. The highest BCUT2D eigenvalue weighted by molar-refractivity contribution is 5.79. The highest BCUT2D eigenvalue weighted by atomic mass is 16.5. The van der Waals surface area contributed by atoms with Crippen LogP contribution in [0.2, 0.25) is 0 Å². The van der Waals surface area contributed by atoms with Gasteiger partial charge in [-0.1, -0.05) is 65.8 Å². The van der Waals surface area contributed by atoms with Gasteiger partial charge in [-0.25, -0.2) is 0 Å². The van der Waals surface area contributed by atoms with E-state index in [1.807, 2.05) is 79.7 Å². The Balaban J connectivity index is 1.96. The summed E-state index contributed by atoms with van der Waals surface area (Å²) in [6, 6.07) is 23.2. The van der Waals surface area contributed by atoms with Gasteiger partial charge >= 0.3 is 0 Å². The monoisotopic (exact) mass is 315 g/mol. The molecule has 1 aromatic heterocycles. The Morgan fingerprint density at radius 1 is 1.12 bits per heavy atom. The number of aryl methyl sites for hydroxylation is 1. The van der Waals surface area contributed by atoms with E-state index in [0.717, 1.165) is 22.5 Å². The summed E-state index contributed by atoms with van der Waals surface area (Å²) in [7, 11) is 0. The Labute approximate surface area is 141 Å². The summed E-state index contributed by atoms with van der Waals surface area (Å²) in [6.07, 6.45) is 1.86. The molecule has 0 radical (unpaired) electrons. The largest absolute Gasteiger partial charge is 0.366 e. The molecule has 1 N–H and O–H groups in total. The number of nitriles is 1. The first-order valence-corrected chi connectivity index (χ1v) is 7.68. The van der Waals surface area contributed by atoms with Crippen LogP contribution in [0.25, 0.3) is 11.8 Å². The quantitative estimate of drug-likeness (QED) is 0.761. The third kappa shape index (κ3) is 3.71. The number of benzene rings is 2. The van der Waals surface area contributed by atoms with Gasteiger partial charge in [-0.3, -0.25) is 0 Å². The standard InChI is InChI=1S/C20H17N3O/c1-15-12-18(24-23-15)13-19(16-8-4-2-5-9-16)22-20(14-21)17-10-6-3-7-11-17/h2-13,20,22H,1H3/b19-13+. The summed E-state index contributed by atoms with van der Waals surface area (Å²) in [4.78, 5) is 0. The van der Waals surface area contributed by atoms with Crippen LogP contribution < -0.4 is 5.32 Å². The Morgan fingerprint density at radius 2 is 1.79 bits per heavy atom. The molecule has 0 fully saturated rings. The Morgan fingerprint density at radius 3 is 2.38 bits per heavy atom. The molecule has 2 aromatic carbocycles. The van der Waals surface area contributed by atoms with Crippen molar-refractivity contribution in [1.82, 2.24) is 10.5 Å². The fourth-order valence-electron chi connectivity index (χ4n) is 2.41. The molecule has 0 aliphatic rings. The molecular formula is C20H17N3O. The summed E-state index contributed by atoms with van der Waals surface area (Å²) in [5, 5.41) is 16.8. The van der Waals surface area contributed by atoms with Gasteiger partial charge in [0.25, 0.3) is 0 Å². The van der Waals surface area contributed by atoms with E-state index in [1.165, 1.54) is 0 Å². The molecule has 3 rings (SSSR count). The third-order valence-electron chi connectivity index (χ3n) is 3.58. The Hall–Kier alpha value is -3.32. The normalized spacial score (nSPS) is 12.4. The molecule has 0 saturated carbocycles. The van der Waals surface area contributed by atoms with Gasteiger partial charge in [0, 0.05) is 17.8 Å². The topological polar surface area (TPSA) is 61.9 Å². The van der Waals surface area contributed by atoms with Crippen LogP contribution in [-0.4, -0.2) is 5.16 Å². The van der Waals surface area contributed by atoms with E-state index in [0.29, 0.717) is 5.76 Å². The molecule has 1 heterocycles. The van der Waals surface area contributed by atoms with Crippen LogP contribution in [0.15, 0.2) is 71.3 Å². The number of nitrogens with zero attached hydrogens (tertiary/aromatic N) is 2. The van der Waals surface area contributed by atoms with Gasteiger partial charge in [-0.05, 0) is 18.1 Å². The molecule has 1 atom stereocenters. The highest BCUT2D eigenvalue weighted by Crippen LogP contribution is 2.21. The molecule has 0 saturated heterocycles. The lowest BCUT2D eigenvalue weighted by molar-refractivity contribution is 0.408. The molecule has 118 valence electrons. The molecule has 0 aliphatic heterocycles. The van der Waals surface area contributed by atoms with E-state index in [9.17, 15) is 5.26 Å². The first-order chi connectivity index (χ1) is 11.8. The minimum atomic E-state index is -0.457. The number of hydrogen-bond acceptors (Lipinski definition) is 4. The van der Waals surface area contributed by atoms with Crippen molar-refractivity contribution in [3.8, 4) is 6.07 Å². The molecule has 4 heteroatoms. The fraction of sp³-hybridized carbons (Fsp3) is 0.100. The second-order valence-electron chi connectivity index (χ2n) is 5.41. The van der Waals surface area contributed by atoms with E-state index < -0.39 is 6.04 Å². The fourth-order valence-corrected chi connectivity index (χ4v) is 2.41. The van der Waals surface area contributed by atoms with Crippen molar-refractivity contribution in [1.29, 1.82) is 5.26 Å². The zero-order chi connectivity index (χ0) is 16.8. The average molecular weight is 315 g/mol. The van der Waals surface area contributed by atoms with Gasteiger partial charge in [0.15, 0.2) is 5.76 Å². The first-order valence-electron chi connectivity index (χ1n) is 7.68. The predicted molar refractivity (Wildman–Crippen MR) is 93.5 cm³/mol. The molecule has 4 nitrogen and oxygen atoms in total. The van der Waals surface area contributed by atoms with Crippen LogP contribution in [0.3, 0.4) is 0 Å². The summed E-state index contributed by atoms with van der Waals surface area (Å²) in [5.41, 5.74) is 3.51. The smallest absolute Gasteiger partial charge is 0.161 e. The third-order valence-corrected chi connectivity index (χ3v) is 3.58. The van der Waals surface area contributed by atoms with Gasteiger partial charge in [-0.15, -0.1) is 0 Å². The molecule has 24 heavy (non-hydrogen) atoms. The lowest BCUT2D eigenvalue weighted by atomic mass is 10.1. The van der Waals surface area contributed by atoms with E-state index in [2.05, 4.69) is 16.5 Å². The zero-order valence-corrected chi connectivity index (χ0v) is 13.3. The van der Waals surface area contributed by atoms with Crippen molar-refractivity contribution < 1.29 is 4.52 Å². The lowest BCUT2D eigenvalue weighted by Gasteiger charge is -2.16. The maximum absolute atomic E-state index is 9.57. The van der Waals surface area contributed by atoms with Gasteiger partial charge in [0.05, 0.1) is 11.8 Å². The van der Waals surface area contributed by atoms with Crippen LogP contribution in [0, 0.1) is 18.3 Å². The molecular weight excluding hydrogens is 298 g/mol. The first kappa shape index (κ1) is 15.6. The summed E-state index contributed by atoms with van der Waals surface area (Å²) >= 11 is 0. The van der Waals surface area contributed by atoms with Crippen LogP contribution >= 0.6 is 0 Å². The molecule has 0 spiro atoms. The highest BCUT2D eigenvalue weighted by Gasteiger charge is 2.13. The van der Waals surface area contributed by atoms with Crippen LogP contribution in [0.5, 0.6) is 0 Å². The van der Waals surface area contributed by atoms with Crippen molar-refractivity contribution in [3.05, 3.63) is 89.3 Å². The van der Waals surface area contributed by atoms with Crippen molar-refractivity contribution in [2.45, 2.75) is 13.0 Å². The van der Waals surface area contributed by atoms with E-state index in [4.69, 9.17) is 4.52 Å². The predicted octanol–water partition coefficient (Wildman–Crippen LogP) is 4.34. The van der Waals surface area contributed by atoms with Crippen molar-refractivity contribution in [3.63, 3.8) is 0 Å². The zero-order valence-electron chi connectivity index (χ0n) is 13.3. The Kier molecular flexibility index (Phi) is 4.73. The summed E-state index contributed by atoms with van der Waals surface area (Å²) < 4.78 is 5.29. The second-order valence-corrected chi connectivity index (χ2v) is 5.41. The van der Waals surface area contributed by atoms with Gasteiger partial charge in [-0.2, -0.15) is 5.26 Å². The molecule has 0 bridgehead atoms. The van der Waals surface area contributed by atoms with Crippen molar-refractivity contribution in [2.75, 3.05) is 0 Å². The van der Waals surface area contributed by atoms with Gasteiger partial charge < -0.3 is 9.84 Å². The average Bonchev–Trinajstić information content (AvgIpc) is 3.05. The van der Waals surface area contributed by atoms with E-state index in [1.54, 1.807) is 0 Å². The van der Waals surface area contributed by atoms with Gasteiger partial charge in [0.2, 0.25) is 0 Å². The van der Waals surface area contributed by atoms with Gasteiger partial charge in [0.1, 0.15) is 6.04 Å². The number of hydrogen-bond donors (Lipinski definition) is 1. The van der Waals surface area contributed by atoms with Crippen LogP contribution in [0.1, 0.15) is 28.6 Å². The lowest BCUT2D eigenvalue weighted by Crippen LogP contribution is -2.18. The second kappa shape index (κ2) is 7.30. The minimum Gasteiger partial charge on any atom is -0.366 e. The number of nitrogens with one attached hydrogen (secondary N) is 1.